The summed E-state index contributed by atoms with van der Waals surface area (Å²) in [5.74, 6) is 0. The third kappa shape index (κ3) is 1.87. The topological polar surface area (TPSA) is 48.0 Å². The minimum absolute atomic E-state index is 0.0707. The number of hydrogen-bond donors (Lipinski definition) is 1. The number of rotatable bonds is 3. The monoisotopic (exact) mass is 240 g/mol. The Labute approximate surface area is 106 Å². The molecule has 2 aromatic rings. The van der Waals surface area contributed by atoms with Crippen molar-refractivity contribution in [3.8, 4) is 11.3 Å². The Hall–Kier alpha value is -1.87. The molecule has 0 bridgehead atoms. The molecule has 18 heavy (non-hydrogen) atoms. The van der Waals surface area contributed by atoms with Crippen LogP contribution in [0.1, 0.15) is 24.4 Å². The summed E-state index contributed by atoms with van der Waals surface area (Å²) in [6.07, 6.45) is 2.18. The van der Waals surface area contributed by atoms with Crippen molar-refractivity contribution in [3.05, 3.63) is 58.4 Å². The minimum Gasteiger partial charge on any atom is -0.326 e. The van der Waals surface area contributed by atoms with Crippen LogP contribution in [0.3, 0.4) is 0 Å². The first-order chi connectivity index (χ1) is 8.81. The van der Waals surface area contributed by atoms with Crippen LogP contribution in [0, 0.1) is 0 Å². The molecule has 1 saturated carbocycles. The molecule has 1 aliphatic rings. The van der Waals surface area contributed by atoms with Gasteiger partial charge in [-0.25, -0.2) is 0 Å². The lowest BCUT2D eigenvalue weighted by Crippen LogP contribution is -2.25. The summed E-state index contributed by atoms with van der Waals surface area (Å²) in [6, 6.07) is 14.3. The molecular formula is C15H16N2O. The molecule has 0 atom stereocenters. The molecule has 0 spiro atoms. The maximum atomic E-state index is 12.4. The zero-order valence-corrected chi connectivity index (χ0v) is 10.2. The maximum Gasteiger partial charge on any atom is 0.255 e. The molecule has 2 N–H and O–H groups in total. The van der Waals surface area contributed by atoms with Crippen LogP contribution < -0.4 is 11.3 Å². The average molecular weight is 240 g/mol. The van der Waals surface area contributed by atoms with Crippen LogP contribution in [-0.2, 0) is 6.54 Å². The van der Waals surface area contributed by atoms with Gasteiger partial charge in [0.1, 0.15) is 0 Å². The zero-order valence-electron chi connectivity index (χ0n) is 10.2. The van der Waals surface area contributed by atoms with Gasteiger partial charge >= 0.3 is 0 Å². The molecule has 1 fully saturated rings. The van der Waals surface area contributed by atoms with Gasteiger partial charge in [-0.3, -0.25) is 4.79 Å². The van der Waals surface area contributed by atoms with Crippen LogP contribution in [0.5, 0.6) is 0 Å². The molecule has 92 valence electrons. The van der Waals surface area contributed by atoms with E-state index in [4.69, 9.17) is 5.73 Å². The Kier molecular flexibility index (Phi) is 2.76. The SMILES string of the molecule is NCc1ccc(-c2ccccc2)n(C2CC2)c1=O. The lowest BCUT2D eigenvalue weighted by molar-refractivity contribution is 0.704. The standard InChI is InChI=1S/C15H16N2O/c16-10-12-6-9-14(11-4-2-1-3-5-11)17(15(12)18)13-7-8-13/h1-6,9,13H,7-8,10,16H2. The lowest BCUT2D eigenvalue weighted by Gasteiger charge is -2.13. The summed E-state index contributed by atoms with van der Waals surface area (Å²) in [5.41, 5.74) is 8.47. The number of pyridine rings is 1. The molecule has 0 saturated heterocycles. The highest BCUT2D eigenvalue weighted by molar-refractivity contribution is 5.60. The van der Waals surface area contributed by atoms with E-state index in [1.807, 2.05) is 47.0 Å². The largest absolute Gasteiger partial charge is 0.326 e. The molecule has 0 amide bonds. The van der Waals surface area contributed by atoms with Crippen LogP contribution in [-0.4, -0.2) is 4.57 Å². The summed E-state index contributed by atoms with van der Waals surface area (Å²) in [6.45, 7) is 0.306. The molecular weight excluding hydrogens is 224 g/mol. The van der Waals surface area contributed by atoms with Crippen molar-refractivity contribution in [1.82, 2.24) is 4.57 Å². The van der Waals surface area contributed by atoms with Crippen molar-refractivity contribution in [2.75, 3.05) is 0 Å². The van der Waals surface area contributed by atoms with Gasteiger partial charge < -0.3 is 10.3 Å². The number of nitrogens with zero attached hydrogens (tertiary/aromatic N) is 1. The van der Waals surface area contributed by atoms with Crippen molar-refractivity contribution in [3.63, 3.8) is 0 Å². The Balaban J connectivity index is 2.21. The molecule has 3 nitrogen and oxygen atoms in total. The average Bonchev–Trinajstić information content (AvgIpc) is 3.23. The van der Waals surface area contributed by atoms with E-state index < -0.39 is 0 Å². The molecule has 3 rings (SSSR count). The van der Waals surface area contributed by atoms with Gasteiger partial charge in [-0.1, -0.05) is 36.4 Å². The second-order valence-corrected chi connectivity index (χ2v) is 4.72. The summed E-state index contributed by atoms with van der Waals surface area (Å²) in [4.78, 5) is 12.4. The van der Waals surface area contributed by atoms with Gasteiger partial charge in [-0.05, 0) is 24.5 Å². The second kappa shape index (κ2) is 4.42. The van der Waals surface area contributed by atoms with Gasteiger partial charge in [0.15, 0.2) is 0 Å². The first-order valence-corrected chi connectivity index (χ1v) is 6.31. The van der Waals surface area contributed by atoms with E-state index in [-0.39, 0.29) is 5.56 Å². The third-order valence-electron chi connectivity index (χ3n) is 3.40. The van der Waals surface area contributed by atoms with Gasteiger partial charge in [0, 0.05) is 18.2 Å². The molecule has 1 heterocycles. The Morgan fingerprint density at radius 3 is 2.44 bits per heavy atom. The summed E-state index contributed by atoms with van der Waals surface area (Å²) in [7, 11) is 0. The highest BCUT2D eigenvalue weighted by atomic mass is 16.1. The fraction of sp³-hybridized carbons (Fsp3) is 0.267. The quantitative estimate of drug-likeness (QED) is 0.895. The van der Waals surface area contributed by atoms with E-state index in [0.717, 1.165) is 24.1 Å². The molecule has 0 unspecified atom stereocenters. The Morgan fingerprint density at radius 2 is 1.83 bits per heavy atom. The number of benzene rings is 1. The van der Waals surface area contributed by atoms with Crippen molar-refractivity contribution in [2.45, 2.75) is 25.4 Å². The van der Waals surface area contributed by atoms with E-state index in [9.17, 15) is 4.79 Å². The van der Waals surface area contributed by atoms with Crippen LogP contribution >= 0.6 is 0 Å². The van der Waals surface area contributed by atoms with Crippen LogP contribution in [0.4, 0.5) is 0 Å². The smallest absolute Gasteiger partial charge is 0.255 e. The van der Waals surface area contributed by atoms with Crippen molar-refractivity contribution >= 4 is 0 Å². The zero-order chi connectivity index (χ0) is 12.5. The Bertz CT molecular complexity index is 612. The van der Waals surface area contributed by atoms with Crippen molar-refractivity contribution < 1.29 is 0 Å². The molecule has 1 aromatic carbocycles. The van der Waals surface area contributed by atoms with Gasteiger partial charge in [0.05, 0.1) is 5.69 Å². The number of nitrogens with two attached hydrogens (primary N) is 1. The first kappa shape index (κ1) is 11.2. The molecule has 1 aliphatic carbocycles. The van der Waals surface area contributed by atoms with Crippen LogP contribution in [0.15, 0.2) is 47.3 Å². The predicted molar refractivity (Wildman–Crippen MR) is 72.3 cm³/mol. The van der Waals surface area contributed by atoms with Gasteiger partial charge in [-0.15, -0.1) is 0 Å². The number of hydrogen-bond acceptors (Lipinski definition) is 2. The second-order valence-electron chi connectivity index (χ2n) is 4.72. The first-order valence-electron chi connectivity index (χ1n) is 6.31. The van der Waals surface area contributed by atoms with E-state index in [1.165, 1.54) is 0 Å². The van der Waals surface area contributed by atoms with Crippen LogP contribution in [0.25, 0.3) is 11.3 Å². The van der Waals surface area contributed by atoms with Crippen molar-refractivity contribution in [2.24, 2.45) is 5.73 Å². The van der Waals surface area contributed by atoms with Gasteiger partial charge in [0.25, 0.3) is 5.56 Å². The molecule has 3 heteroatoms. The fourth-order valence-electron chi connectivity index (χ4n) is 2.29. The van der Waals surface area contributed by atoms with Gasteiger partial charge in [0.2, 0.25) is 0 Å². The highest BCUT2D eigenvalue weighted by Gasteiger charge is 2.27. The van der Waals surface area contributed by atoms with E-state index >= 15 is 0 Å². The van der Waals surface area contributed by atoms with E-state index in [2.05, 4.69) is 0 Å². The molecule has 1 aromatic heterocycles. The fourth-order valence-corrected chi connectivity index (χ4v) is 2.29. The minimum atomic E-state index is 0.0707. The highest BCUT2D eigenvalue weighted by Crippen LogP contribution is 2.37. The summed E-state index contributed by atoms with van der Waals surface area (Å²) < 4.78 is 1.91. The van der Waals surface area contributed by atoms with Gasteiger partial charge in [-0.2, -0.15) is 0 Å². The summed E-state index contributed by atoms with van der Waals surface area (Å²) >= 11 is 0. The summed E-state index contributed by atoms with van der Waals surface area (Å²) in [5, 5.41) is 0. The van der Waals surface area contributed by atoms with Crippen molar-refractivity contribution in [1.29, 1.82) is 0 Å². The normalized spacial score (nSPS) is 14.7. The predicted octanol–water partition coefficient (Wildman–Crippen LogP) is 2.31. The van der Waals surface area contributed by atoms with Crippen LogP contribution in [0.2, 0.25) is 0 Å². The van der Waals surface area contributed by atoms with E-state index in [0.29, 0.717) is 18.2 Å². The maximum absolute atomic E-state index is 12.4. The third-order valence-corrected chi connectivity index (χ3v) is 3.40. The Morgan fingerprint density at radius 1 is 1.11 bits per heavy atom. The number of aromatic nitrogens is 1. The van der Waals surface area contributed by atoms with E-state index in [1.54, 1.807) is 0 Å². The molecule has 0 aliphatic heterocycles. The molecule has 0 radical (unpaired) electrons. The lowest BCUT2D eigenvalue weighted by atomic mass is 10.1.